The summed E-state index contributed by atoms with van der Waals surface area (Å²) in [4.78, 5) is 2.06. The van der Waals surface area contributed by atoms with Gasteiger partial charge in [0, 0.05) is 5.70 Å². The summed E-state index contributed by atoms with van der Waals surface area (Å²) in [6, 6.07) is 5.52. The van der Waals surface area contributed by atoms with E-state index in [1.54, 1.807) is 0 Å². The molecule has 0 aliphatic carbocycles. The molecule has 2 N–H and O–H groups in total. The molecule has 0 saturated heterocycles. The Labute approximate surface area is 87.8 Å². The Kier molecular flexibility index (Phi) is 3.43. The van der Waals surface area contributed by atoms with Gasteiger partial charge in [-0.05, 0) is 29.8 Å². The fraction of sp³-hybridized carbons (Fsp3) is 0.111. The van der Waals surface area contributed by atoms with Gasteiger partial charge in [0.05, 0.1) is 6.26 Å². The fourth-order valence-corrected chi connectivity index (χ4v) is 1.19. The summed E-state index contributed by atoms with van der Waals surface area (Å²) in [5.74, 6) is -0.359. The van der Waals surface area contributed by atoms with Gasteiger partial charge in [0.2, 0.25) is 10.0 Å². The molecule has 0 aromatic heterocycles. The van der Waals surface area contributed by atoms with Crippen LogP contribution in [0, 0.1) is 5.82 Å². The number of hydrogen-bond acceptors (Lipinski definition) is 3. The zero-order valence-corrected chi connectivity index (χ0v) is 8.94. The molecule has 0 aliphatic heterocycles. The number of nitrogens with one attached hydrogen (secondary N) is 2. The maximum atomic E-state index is 12.6. The summed E-state index contributed by atoms with van der Waals surface area (Å²) >= 11 is 0. The average Bonchev–Trinajstić information content (AvgIpc) is 2.14. The van der Waals surface area contributed by atoms with Crippen LogP contribution >= 0.6 is 0 Å². The second-order valence-electron chi connectivity index (χ2n) is 2.98. The van der Waals surface area contributed by atoms with Gasteiger partial charge >= 0.3 is 0 Å². The van der Waals surface area contributed by atoms with E-state index in [0.29, 0.717) is 11.3 Å². The van der Waals surface area contributed by atoms with Crippen LogP contribution in [0.4, 0.5) is 4.39 Å². The molecule has 0 spiro atoms. The third-order valence-corrected chi connectivity index (χ3v) is 2.05. The Balaban J connectivity index is 2.66. The van der Waals surface area contributed by atoms with Gasteiger partial charge < -0.3 is 5.43 Å². The minimum absolute atomic E-state index is 0.348. The van der Waals surface area contributed by atoms with E-state index in [1.807, 2.05) is 0 Å². The molecule has 6 heteroatoms. The van der Waals surface area contributed by atoms with Crippen molar-refractivity contribution in [2.75, 3.05) is 6.26 Å². The molecular formula is C9H11FN2O2S. The molecule has 0 atom stereocenters. The third-order valence-electron chi connectivity index (χ3n) is 1.58. The minimum atomic E-state index is -3.33. The lowest BCUT2D eigenvalue weighted by molar-refractivity contribution is 0.582. The topological polar surface area (TPSA) is 58.2 Å². The summed E-state index contributed by atoms with van der Waals surface area (Å²) in [6.07, 6.45) is 1.01. The van der Waals surface area contributed by atoms with Crippen molar-refractivity contribution in [3.8, 4) is 0 Å². The molecule has 1 aromatic carbocycles. The van der Waals surface area contributed by atoms with Crippen LogP contribution < -0.4 is 10.3 Å². The first-order chi connectivity index (χ1) is 6.88. The van der Waals surface area contributed by atoms with Crippen LogP contribution in [0.1, 0.15) is 5.56 Å². The number of benzene rings is 1. The van der Waals surface area contributed by atoms with Gasteiger partial charge in [-0.25, -0.2) is 12.8 Å². The van der Waals surface area contributed by atoms with E-state index >= 15 is 0 Å². The average molecular weight is 230 g/mol. The molecule has 0 heterocycles. The molecule has 0 unspecified atom stereocenters. The van der Waals surface area contributed by atoms with Crippen molar-refractivity contribution >= 4 is 15.7 Å². The lowest BCUT2D eigenvalue weighted by Crippen LogP contribution is -2.34. The highest BCUT2D eigenvalue weighted by atomic mass is 32.2. The largest absolute Gasteiger partial charge is 0.308 e. The number of hydrogen-bond donors (Lipinski definition) is 2. The minimum Gasteiger partial charge on any atom is -0.308 e. The molecule has 1 aromatic rings. The van der Waals surface area contributed by atoms with Gasteiger partial charge in [0.15, 0.2) is 0 Å². The van der Waals surface area contributed by atoms with E-state index in [4.69, 9.17) is 0 Å². The maximum Gasteiger partial charge on any atom is 0.225 e. The van der Waals surface area contributed by atoms with Gasteiger partial charge in [-0.1, -0.05) is 6.58 Å². The van der Waals surface area contributed by atoms with Gasteiger partial charge in [-0.2, -0.15) is 0 Å². The second-order valence-corrected chi connectivity index (χ2v) is 4.73. The highest BCUT2D eigenvalue weighted by Gasteiger charge is 2.02. The second kappa shape index (κ2) is 4.41. The molecule has 0 amide bonds. The SMILES string of the molecule is C=C(NNS(C)(=O)=O)c1ccc(F)cc1. The Hall–Kier alpha value is -1.40. The van der Waals surface area contributed by atoms with Gasteiger partial charge in [-0.15, -0.1) is 4.83 Å². The van der Waals surface area contributed by atoms with Gasteiger partial charge in [0.1, 0.15) is 5.82 Å². The Bertz CT molecular complexity index is 454. The maximum absolute atomic E-state index is 12.6. The van der Waals surface area contributed by atoms with E-state index in [2.05, 4.69) is 16.8 Å². The predicted octanol–water partition coefficient (Wildman–Crippen LogP) is 0.850. The number of halogens is 1. The fourth-order valence-electron chi connectivity index (χ4n) is 0.878. The Morgan fingerprint density at radius 2 is 1.87 bits per heavy atom. The van der Waals surface area contributed by atoms with E-state index in [-0.39, 0.29) is 5.82 Å². The molecule has 0 fully saturated rings. The highest BCUT2D eigenvalue weighted by Crippen LogP contribution is 2.09. The van der Waals surface area contributed by atoms with Crippen molar-refractivity contribution in [2.45, 2.75) is 0 Å². The first-order valence-corrected chi connectivity index (χ1v) is 5.95. The number of hydrazine groups is 1. The van der Waals surface area contributed by atoms with Crippen LogP contribution in [0.15, 0.2) is 30.8 Å². The van der Waals surface area contributed by atoms with E-state index in [0.717, 1.165) is 6.26 Å². The lowest BCUT2D eigenvalue weighted by Gasteiger charge is -2.09. The molecule has 0 bridgehead atoms. The monoisotopic (exact) mass is 230 g/mol. The standard InChI is InChI=1S/C9H11FN2O2S/c1-7(11-12-15(2,13)14)8-3-5-9(10)6-4-8/h3-6,11-12H,1H2,2H3. The molecule has 4 nitrogen and oxygen atoms in total. The lowest BCUT2D eigenvalue weighted by atomic mass is 10.2. The van der Waals surface area contributed by atoms with Gasteiger partial charge in [0.25, 0.3) is 0 Å². The van der Waals surface area contributed by atoms with Crippen molar-refractivity contribution in [3.05, 3.63) is 42.2 Å². The van der Waals surface area contributed by atoms with Gasteiger partial charge in [-0.3, -0.25) is 0 Å². The number of sulfonamides is 1. The Morgan fingerprint density at radius 1 is 1.33 bits per heavy atom. The summed E-state index contributed by atoms with van der Waals surface area (Å²) in [5, 5.41) is 0. The summed E-state index contributed by atoms with van der Waals surface area (Å²) in [6.45, 7) is 3.60. The van der Waals surface area contributed by atoms with Crippen molar-refractivity contribution in [2.24, 2.45) is 0 Å². The van der Waals surface area contributed by atoms with Crippen LogP contribution in [0.3, 0.4) is 0 Å². The van der Waals surface area contributed by atoms with Crippen LogP contribution in [-0.4, -0.2) is 14.7 Å². The zero-order chi connectivity index (χ0) is 11.5. The van der Waals surface area contributed by atoms with E-state index < -0.39 is 10.0 Å². The van der Waals surface area contributed by atoms with Crippen LogP contribution in [-0.2, 0) is 10.0 Å². The highest BCUT2D eigenvalue weighted by molar-refractivity contribution is 7.88. The summed E-state index contributed by atoms with van der Waals surface area (Å²) < 4.78 is 34.1. The van der Waals surface area contributed by atoms with E-state index in [9.17, 15) is 12.8 Å². The first kappa shape index (κ1) is 11.7. The zero-order valence-electron chi connectivity index (χ0n) is 8.12. The molecule has 0 saturated carbocycles. The van der Waals surface area contributed by atoms with Crippen molar-refractivity contribution in [1.29, 1.82) is 0 Å². The summed E-state index contributed by atoms with van der Waals surface area (Å²) in [5.41, 5.74) is 3.36. The Morgan fingerprint density at radius 3 is 2.33 bits per heavy atom. The normalized spacial score (nSPS) is 11.1. The molecular weight excluding hydrogens is 219 g/mol. The first-order valence-electron chi connectivity index (χ1n) is 4.06. The van der Waals surface area contributed by atoms with E-state index in [1.165, 1.54) is 24.3 Å². The molecule has 15 heavy (non-hydrogen) atoms. The van der Waals surface area contributed by atoms with Crippen molar-refractivity contribution < 1.29 is 12.8 Å². The molecule has 82 valence electrons. The van der Waals surface area contributed by atoms with Crippen molar-refractivity contribution in [1.82, 2.24) is 10.3 Å². The third kappa shape index (κ3) is 4.09. The molecule has 1 rings (SSSR count). The van der Waals surface area contributed by atoms with Crippen LogP contribution in [0.25, 0.3) is 5.70 Å². The van der Waals surface area contributed by atoms with Crippen LogP contribution in [0.5, 0.6) is 0 Å². The van der Waals surface area contributed by atoms with Crippen molar-refractivity contribution in [3.63, 3.8) is 0 Å². The predicted molar refractivity (Wildman–Crippen MR) is 56.5 cm³/mol. The molecule has 0 radical (unpaired) electrons. The van der Waals surface area contributed by atoms with Crippen LogP contribution in [0.2, 0.25) is 0 Å². The smallest absolute Gasteiger partial charge is 0.225 e. The number of rotatable bonds is 4. The molecule has 0 aliphatic rings. The summed E-state index contributed by atoms with van der Waals surface area (Å²) in [7, 11) is -3.33. The quantitative estimate of drug-likeness (QED) is 0.754.